The minimum Gasteiger partial charge on any atom is -0.495 e. The molecule has 112 valence electrons. The van der Waals surface area contributed by atoms with Crippen molar-refractivity contribution in [3.63, 3.8) is 0 Å². The predicted molar refractivity (Wildman–Crippen MR) is 81.2 cm³/mol. The molecule has 0 bridgehead atoms. The lowest BCUT2D eigenvalue weighted by atomic mass is 10.3. The van der Waals surface area contributed by atoms with E-state index < -0.39 is 10.0 Å². The molecule has 7 nitrogen and oxygen atoms in total. The highest BCUT2D eigenvalue weighted by atomic mass is 79.9. The van der Waals surface area contributed by atoms with Crippen molar-refractivity contribution in [3.8, 4) is 5.75 Å². The fraction of sp³-hybridized carbons (Fsp3) is 0.167. The standard InChI is InChI=1S/C12H13BrN4O3S/c1-20-11-5-9(13)10(14)6-12(11)21(18,19)16-7-8-3-2-4-15-17-8/h2-6,16H,7,14H2,1H3. The summed E-state index contributed by atoms with van der Waals surface area (Å²) in [4.78, 5) is -0.0328. The van der Waals surface area contributed by atoms with Gasteiger partial charge < -0.3 is 10.5 Å². The minimum absolute atomic E-state index is 0.0231. The molecule has 9 heteroatoms. The molecule has 0 fully saturated rings. The van der Waals surface area contributed by atoms with Gasteiger partial charge in [0.25, 0.3) is 0 Å². The van der Waals surface area contributed by atoms with Gasteiger partial charge in [-0.2, -0.15) is 10.2 Å². The highest BCUT2D eigenvalue weighted by Gasteiger charge is 2.21. The number of hydrogen-bond donors (Lipinski definition) is 2. The van der Waals surface area contributed by atoms with Crippen molar-refractivity contribution < 1.29 is 13.2 Å². The van der Waals surface area contributed by atoms with E-state index in [-0.39, 0.29) is 17.2 Å². The Bertz CT molecular complexity index is 738. The van der Waals surface area contributed by atoms with Crippen LogP contribution < -0.4 is 15.2 Å². The van der Waals surface area contributed by atoms with Crippen LogP contribution >= 0.6 is 15.9 Å². The number of nitrogens with two attached hydrogens (primary N) is 1. The lowest BCUT2D eigenvalue weighted by molar-refractivity contribution is 0.402. The van der Waals surface area contributed by atoms with Crippen molar-refractivity contribution in [3.05, 3.63) is 40.6 Å². The Labute approximate surface area is 130 Å². The molecule has 0 aliphatic rings. The molecule has 0 aliphatic carbocycles. The number of sulfonamides is 1. The summed E-state index contributed by atoms with van der Waals surface area (Å²) < 4.78 is 32.8. The lowest BCUT2D eigenvalue weighted by Gasteiger charge is -2.12. The fourth-order valence-electron chi connectivity index (χ4n) is 1.59. The van der Waals surface area contributed by atoms with Crippen LogP contribution in [0.4, 0.5) is 5.69 Å². The molecule has 0 saturated carbocycles. The number of benzene rings is 1. The molecular formula is C12H13BrN4O3S. The molecule has 1 heterocycles. The number of nitrogens with zero attached hydrogens (tertiary/aromatic N) is 2. The average molecular weight is 373 g/mol. The van der Waals surface area contributed by atoms with Gasteiger partial charge >= 0.3 is 0 Å². The second-order valence-corrected chi connectivity index (χ2v) is 6.65. The Morgan fingerprint density at radius 3 is 2.81 bits per heavy atom. The van der Waals surface area contributed by atoms with Crippen LogP contribution in [-0.4, -0.2) is 25.7 Å². The first-order valence-corrected chi connectivity index (χ1v) is 8.11. The SMILES string of the molecule is COc1cc(Br)c(N)cc1S(=O)(=O)NCc1cccnn1. The summed E-state index contributed by atoms with van der Waals surface area (Å²) in [5.74, 6) is 0.197. The molecule has 0 spiro atoms. The van der Waals surface area contributed by atoms with Gasteiger partial charge in [0.15, 0.2) is 0 Å². The molecule has 0 unspecified atom stereocenters. The average Bonchev–Trinajstić information content (AvgIpc) is 2.48. The number of aromatic nitrogens is 2. The summed E-state index contributed by atoms with van der Waals surface area (Å²) in [5, 5.41) is 7.49. The van der Waals surface area contributed by atoms with E-state index in [0.29, 0.717) is 15.9 Å². The maximum absolute atomic E-state index is 12.3. The quantitative estimate of drug-likeness (QED) is 0.766. The van der Waals surface area contributed by atoms with Gasteiger partial charge in [0.05, 0.1) is 19.3 Å². The smallest absolute Gasteiger partial charge is 0.244 e. The number of nitrogen functional groups attached to an aromatic ring is 1. The Morgan fingerprint density at radius 1 is 1.43 bits per heavy atom. The number of ether oxygens (including phenoxy) is 1. The van der Waals surface area contributed by atoms with E-state index in [2.05, 4.69) is 30.8 Å². The maximum atomic E-state index is 12.3. The van der Waals surface area contributed by atoms with Gasteiger partial charge in [-0.15, -0.1) is 0 Å². The molecule has 3 N–H and O–H groups in total. The van der Waals surface area contributed by atoms with E-state index in [1.807, 2.05) is 0 Å². The first-order valence-electron chi connectivity index (χ1n) is 5.83. The Kier molecular flexibility index (Phi) is 4.76. The van der Waals surface area contributed by atoms with Crippen LogP contribution in [0.15, 0.2) is 39.8 Å². The normalized spacial score (nSPS) is 11.3. The molecule has 0 amide bonds. The third-order valence-electron chi connectivity index (χ3n) is 2.64. The third-order valence-corrected chi connectivity index (χ3v) is 4.75. The first kappa shape index (κ1) is 15.7. The van der Waals surface area contributed by atoms with Gasteiger partial charge in [0, 0.05) is 16.4 Å². The number of halogens is 1. The molecule has 0 radical (unpaired) electrons. The zero-order chi connectivity index (χ0) is 15.5. The van der Waals surface area contributed by atoms with E-state index in [1.54, 1.807) is 12.1 Å². The lowest BCUT2D eigenvalue weighted by Crippen LogP contribution is -2.24. The Hall–Kier alpha value is -1.71. The molecule has 2 aromatic rings. The zero-order valence-corrected chi connectivity index (χ0v) is 13.5. The summed E-state index contributed by atoms with van der Waals surface area (Å²) in [5.41, 5.74) is 6.54. The first-order chi connectivity index (χ1) is 9.94. The van der Waals surface area contributed by atoms with Crippen molar-refractivity contribution in [1.82, 2.24) is 14.9 Å². The molecular weight excluding hydrogens is 360 g/mol. The second kappa shape index (κ2) is 6.37. The summed E-state index contributed by atoms with van der Waals surface area (Å²) >= 11 is 3.22. The van der Waals surface area contributed by atoms with Crippen LogP contribution in [0.2, 0.25) is 0 Å². The highest BCUT2D eigenvalue weighted by Crippen LogP contribution is 2.32. The zero-order valence-electron chi connectivity index (χ0n) is 11.1. The highest BCUT2D eigenvalue weighted by molar-refractivity contribution is 9.10. The van der Waals surface area contributed by atoms with Crippen LogP contribution in [-0.2, 0) is 16.6 Å². The number of rotatable bonds is 5. The van der Waals surface area contributed by atoms with E-state index in [9.17, 15) is 8.42 Å². The van der Waals surface area contributed by atoms with E-state index in [1.165, 1.54) is 25.4 Å². The molecule has 21 heavy (non-hydrogen) atoms. The summed E-state index contributed by atoms with van der Waals surface area (Å²) in [7, 11) is -2.40. The van der Waals surface area contributed by atoms with Crippen molar-refractivity contribution in [2.75, 3.05) is 12.8 Å². The summed E-state index contributed by atoms with van der Waals surface area (Å²) in [6, 6.07) is 6.19. The minimum atomic E-state index is -3.78. The van der Waals surface area contributed by atoms with E-state index in [4.69, 9.17) is 10.5 Å². The maximum Gasteiger partial charge on any atom is 0.244 e. The van der Waals surface area contributed by atoms with Gasteiger partial charge in [-0.1, -0.05) is 0 Å². The molecule has 0 aliphatic heterocycles. The van der Waals surface area contributed by atoms with Gasteiger partial charge in [0.2, 0.25) is 10.0 Å². The molecule has 1 aromatic carbocycles. The van der Waals surface area contributed by atoms with Crippen LogP contribution in [0, 0.1) is 0 Å². The Morgan fingerprint density at radius 2 is 2.19 bits per heavy atom. The number of nitrogens with one attached hydrogen (secondary N) is 1. The number of methoxy groups -OCH3 is 1. The second-order valence-electron chi connectivity index (χ2n) is 4.06. The number of hydrogen-bond acceptors (Lipinski definition) is 6. The van der Waals surface area contributed by atoms with Crippen LogP contribution in [0.5, 0.6) is 5.75 Å². The van der Waals surface area contributed by atoms with E-state index >= 15 is 0 Å². The van der Waals surface area contributed by atoms with Crippen molar-refractivity contribution in [2.45, 2.75) is 11.4 Å². The summed E-state index contributed by atoms with van der Waals surface area (Å²) in [6.45, 7) is 0.0231. The molecule has 1 aromatic heterocycles. The van der Waals surface area contributed by atoms with Crippen molar-refractivity contribution in [2.24, 2.45) is 0 Å². The van der Waals surface area contributed by atoms with Gasteiger partial charge in [-0.25, -0.2) is 13.1 Å². The van der Waals surface area contributed by atoms with Crippen molar-refractivity contribution in [1.29, 1.82) is 0 Å². The van der Waals surface area contributed by atoms with Crippen molar-refractivity contribution >= 4 is 31.6 Å². The third kappa shape index (κ3) is 3.69. The molecule has 2 rings (SSSR count). The predicted octanol–water partition coefficient (Wildman–Crippen LogP) is 1.31. The van der Waals surface area contributed by atoms with Gasteiger partial charge in [-0.3, -0.25) is 0 Å². The number of anilines is 1. The van der Waals surface area contributed by atoms with E-state index in [0.717, 1.165) is 0 Å². The Balaban J connectivity index is 2.29. The molecule has 0 atom stereocenters. The van der Waals surface area contributed by atoms with Gasteiger partial charge in [-0.05, 0) is 40.2 Å². The molecule has 0 saturated heterocycles. The largest absolute Gasteiger partial charge is 0.495 e. The topological polar surface area (TPSA) is 107 Å². The fourth-order valence-corrected chi connectivity index (χ4v) is 3.10. The van der Waals surface area contributed by atoms with Crippen LogP contribution in [0.25, 0.3) is 0 Å². The van der Waals surface area contributed by atoms with Crippen LogP contribution in [0.1, 0.15) is 5.69 Å². The van der Waals surface area contributed by atoms with Crippen LogP contribution in [0.3, 0.4) is 0 Å². The summed E-state index contributed by atoms with van der Waals surface area (Å²) in [6.07, 6.45) is 1.51. The van der Waals surface area contributed by atoms with Gasteiger partial charge in [0.1, 0.15) is 10.6 Å². The monoisotopic (exact) mass is 372 g/mol.